The number of halogens is 4. The van der Waals surface area contributed by atoms with Gasteiger partial charge in [-0.15, -0.1) is 0 Å². The number of alkyl halides is 3. The van der Waals surface area contributed by atoms with Crippen molar-refractivity contribution >= 4 is 22.6 Å². The lowest BCUT2D eigenvalue weighted by Gasteiger charge is -2.17. The smallest absolute Gasteiger partial charge is 0.288 e. The van der Waals surface area contributed by atoms with Gasteiger partial charge < -0.3 is 0 Å². The number of hydrogen-bond acceptors (Lipinski definition) is 2. The SMILES string of the molecule is CCn1c(C(F)(F)F)c(I)c(=O)n(CC)c1=O. The fourth-order valence-electron chi connectivity index (χ4n) is 1.52. The minimum atomic E-state index is -4.71. The Morgan fingerprint density at radius 2 is 1.59 bits per heavy atom. The van der Waals surface area contributed by atoms with Gasteiger partial charge in [-0.1, -0.05) is 0 Å². The van der Waals surface area contributed by atoms with Crippen LogP contribution >= 0.6 is 22.6 Å². The van der Waals surface area contributed by atoms with E-state index in [0.717, 1.165) is 4.57 Å². The van der Waals surface area contributed by atoms with Gasteiger partial charge in [-0.05, 0) is 36.4 Å². The van der Waals surface area contributed by atoms with E-state index < -0.39 is 26.7 Å². The van der Waals surface area contributed by atoms with E-state index in [9.17, 15) is 22.8 Å². The Morgan fingerprint density at radius 1 is 1.12 bits per heavy atom. The Hall–Kier alpha value is -0.800. The molecule has 0 unspecified atom stereocenters. The van der Waals surface area contributed by atoms with E-state index in [-0.39, 0.29) is 13.1 Å². The van der Waals surface area contributed by atoms with Crippen LogP contribution in [0.3, 0.4) is 0 Å². The Bertz CT molecular complexity index is 545. The second-order valence-corrected chi connectivity index (χ2v) is 4.32. The molecule has 8 heteroatoms. The molecule has 1 heterocycles. The average Bonchev–Trinajstić information content (AvgIpc) is 2.22. The van der Waals surface area contributed by atoms with Crippen LogP contribution in [-0.4, -0.2) is 9.13 Å². The van der Waals surface area contributed by atoms with E-state index >= 15 is 0 Å². The van der Waals surface area contributed by atoms with Gasteiger partial charge in [0.2, 0.25) is 0 Å². The molecule has 0 saturated carbocycles. The molecule has 17 heavy (non-hydrogen) atoms. The average molecular weight is 362 g/mol. The summed E-state index contributed by atoms with van der Waals surface area (Å²) in [4.78, 5) is 23.3. The summed E-state index contributed by atoms with van der Waals surface area (Å²) in [5, 5.41) is 0. The number of rotatable bonds is 2. The maximum Gasteiger partial charge on any atom is 0.432 e. The molecule has 0 radical (unpaired) electrons. The van der Waals surface area contributed by atoms with E-state index in [1.807, 2.05) is 0 Å². The van der Waals surface area contributed by atoms with Crippen molar-refractivity contribution in [3.05, 3.63) is 30.1 Å². The van der Waals surface area contributed by atoms with Crippen LogP contribution in [0.2, 0.25) is 0 Å². The number of aromatic nitrogens is 2. The van der Waals surface area contributed by atoms with Crippen molar-refractivity contribution in [2.45, 2.75) is 33.1 Å². The summed E-state index contributed by atoms with van der Waals surface area (Å²) < 4.78 is 39.2. The molecule has 0 spiro atoms. The molecule has 0 fully saturated rings. The first-order chi connectivity index (χ1) is 7.75. The zero-order valence-electron chi connectivity index (χ0n) is 9.14. The topological polar surface area (TPSA) is 44.0 Å². The van der Waals surface area contributed by atoms with E-state index in [0.29, 0.717) is 4.57 Å². The predicted octanol–water partition coefficient (Wildman–Crippen LogP) is 1.67. The second kappa shape index (κ2) is 4.83. The third-order valence-electron chi connectivity index (χ3n) is 2.27. The highest BCUT2D eigenvalue weighted by Crippen LogP contribution is 2.30. The van der Waals surface area contributed by atoms with Gasteiger partial charge in [-0.3, -0.25) is 13.9 Å². The lowest BCUT2D eigenvalue weighted by molar-refractivity contribution is -0.145. The zero-order chi connectivity index (χ0) is 13.4. The Morgan fingerprint density at radius 3 is 1.94 bits per heavy atom. The van der Waals surface area contributed by atoms with Crippen LogP contribution < -0.4 is 11.2 Å². The summed E-state index contributed by atoms with van der Waals surface area (Å²) in [7, 11) is 0. The van der Waals surface area contributed by atoms with Gasteiger partial charge in [-0.2, -0.15) is 13.2 Å². The van der Waals surface area contributed by atoms with Crippen molar-refractivity contribution < 1.29 is 13.2 Å². The Balaban J connectivity index is 3.87. The summed E-state index contributed by atoms with van der Waals surface area (Å²) in [6.07, 6.45) is -4.71. The molecule has 0 amide bonds. The van der Waals surface area contributed by atoms with Crippen molar-refractivity contribution in [3.8, 4) is 0 Å². The molecule has 4 nitrogen and oxygen atoms in total. The maximum atomic E-state index is 12.8. The van der Waals surface area contributed by atoms with Gasteiger partial charge in [0.1, 0.15) is 9.26 Å². The largest absolute Gasteiger partial charge is 0.432 e. The quantitative estimate of drug-likeness (QED) is 0.752. The summed E-state index contributed by atoms with van der Waals surface area (Å²) >= 11 is 1.33. The third kappa shape index (κ3) is 2.40. The highest BCUT2D eigenvalue weighted by Gasteiger charge is 2.38. The summed E-state index contributed by atoms with van der Waals surface area (Å²) in [6.45, 7) is 2.87. The van der Waals surface area contributed by atoms with Crippen molar-refractivity contribution in [2.24, 2.45) is 0 Å². The van der Waals surface area contributed by atoms with Gasteiger partial charge in [0.25, 0.3) is 5.56 Å². The molecule has 0 N–H and O–H groups in total. The molecule has 0 bridgehead atoms. The molecular formula is C9H10F3IN2O2. The standard InChI is InChI=1S/C9H10F3IN2O2/c1-3-14-6(9(10,11)12)5(13)7(16)15(4-2)8(14)17/h3-4H2,1-2H3. The van der Waals surface area contributed by atoms with Crippen LogP contribution in [0.4, 0.5) is 13.2 Å². The first-order valence-electron chi connectivity index (χ1n) is 4.86. The van der Waals surface area contributed by atoms with E-state index in [1.165, 1.54) is 36.4 Å². The number of nitrogens with zero attached hydrogens (tertiary/aromatic N) is 2. The highest BCUT2D eigenvalue weighted by atomic mass is 127. The summed E-state index contributed by atoms with van der Waals surface area (Å²) in [6, 6.07) is 0. The first-order valence-corrected chi connectivity index (χ1v) is 5.93. The predicted molar refractivity (Wildman–Crippen MR) is 64.0 cm³/mol. The van der Waals surface area contributed by atoms with Gasteiger partial charge in [0.05, 0.1) is 0 Å². The van der Waals surface area contributed by atoms with Crippen molar-refractivity contribution in [2.75, 3.05) is 0 Å². The van der Waals surface area contributed by atoms with Crippen molar-refractivity contribution in [1.82, 2.24) is 9.13 Å². The van der Waals surface area contributed by atoms with Gasteiger partial charge in [-0.25, -0.2) is 4.79 Å². The zero-order valence-corrected chi connectivity index (χ0v) is 11.3. The molecular weight excluding hydrogens is 352 g/mol. The molecule has 0 aliphatic heterocycles. The minimum Gasteiger partial charge on any atom is -0.288 e. The highest BCUT2D eigenvalue weighted by molar-refractivity contribution is 14.1. The van der Waals surface area contributed by atoms with E-state index in [2.05, 4.69) is 0 Å². The maximum absolute atomic E-state index is 12.8. The molecule has 0 saturated heterocycles. The van der Waals surface area contributed by atoms with Crippen LogP contribution in [0.25, 0.3) is 0 Å². The van der Waals surface area contributed by atoms with Crippen molar-refractivity contribution in [1.29, 1.82) is 0 Å². The molecule has 0 aliphatic rings. The van der Waals surface area contributed by atoms with Crippen molar-refractivity contribution in [3.63, 3.8) is 0 Å². The van der Waals surface area contributed by atoms with Gasteiger partial charge in [0.15, 0.2) is 0 Å². The lowest BCUT2D eigenvalue weighted by Crippen LogP contribution is -2.44. The third-order valence-corrected chi connectivity index (χ3v) is 3.25. The first kappa shape index (κ1) is 14.3. The van der Waals surface area contributed by atoms with Gasteiger partial charge in [0, 0.05) is 13.1 Å². The molecule has 96 valence electrons. The molecule has 0 aliphatic carbocycles. The molecule has 0 aromatic carbocycles. The Kier molecular flexibility index (Phi) is 4.05. The number of hydrogen-bond donors (Lipinski definition) is 0. The molecule has 1 rings (SSSR count). The fraction of sp³-hybridized carbons (Fsp3) is 0.556. The summed E-state index contributed by atoms with van der Waals surface area (Å²) in [5.74, 6) is 0. The molecule has 1 aromatic heterocycles. The van der Waals surface area contributed by atoms with Crippen LogP contribution in [0, 0.1) is 3.57 Å². The Labute approximate surface area is 108 Å². The lowest BCUT2D eigenvalue weighted by atomic mass is 10.3. The van der Waals surface area contributed by atoms with Crippen LogP contribution in [0.15, 0.2) is 9.59 Å². The fourth-order valence-corrected chi connectivity index (χ4v) is 2.40. The van der Waals surface area contributed by atoms with Gasteiger partial charge >= 0.3 is 11.9 Å². The van der Waals surface area contributed by atoms with Crippen LogP contribution in [-0.2, 0) is 19.3 Å². The van der Waals surface area contributed by atoms with E-state index in [1.54, 1.807) is 0 Å². The minimum absolute atomic E-state index is 0.0474. The van der Waals surface area contributed by atoms with E-state index in [4.69, 9.17) is 0 Å². The van der Waals surface area contributed by atoms with Crippen LogP contribution in [0.1, 0.15) is 19.5 Å². The molecule has 1 aromatic rings. The monoisotopic (exact) mass is 362 g/mol. The summed E-state index contributed by atoms with van der Waals surface area (Å²) in [5.41, 5.74) is -2.98. The molecule has 0 atom stereocenters. The second-order valence-electron chi connectivity index (χ2n) is 3.24. The normalized spacial score (nSPS) is 11.9. The van der Waals surface area contributed by atoms with Crippen LogP contribution in [0.5, 0.6) is 0 Å².